The van der Waals surface area contributed by atoms with Gasteiger partial charge in [0, 0.05) is 18.7 Å². The molecular formula is C11H14F3NS. The van der Waals surface area contributed by atoms with Crippen LogP contribution in [0.2, 0.25) is 0 Å². The molecule has 16 heavy (non-hydrogen) atoms. The maximum Gasteiger partial charge on any atom is 0.152 e. The summed E-state index contributed by atoms with van der Waals surface area (Å²) < 4.78 is 38.9. The van der Waals surface area contributed by atoms with Gasteiger partial charge in [0.15, 0.2) is 11.6 Å². The van der Waals surface area contributed by atoms with E-state index in [9.17, 15) is 13.2 Å². The third-order valence-electron chi connectivity index (χ3n) is 1.98. The number of hydrogen-bond acceptors (Lipinski definition) is 2. The molecule has 0 atom stereocenters. The molecule has 0 fully saturated rings. The summed E-state index contributed by atoms with van der Waals surface area (Å²) >= 11 is 1.77. The SMILES string of the molecule is CCSCCCNc1c(F)cc(F)cc1F. The number of rotatable bonds is 6. The maximum atomic E-state index is 13.1. The van der Waals surface area contributed by atoms with E-state index in [2.05, 4.69) is 12.2 Å². The van der Waals surface area contributed by atoms with Crippen molar-refractivity contribution in [3.8, 4) is 0 Å². The number of hydrogen-bond donors (Lipinski definition) is 1. The van der Waals surface area contributed by atoms with Crippen molar-refractivity contribution >= 4 is 17.4 Å². The zero-order valence-electron chi connectivity index (χ0n) is 9.03. The minimum absolute atomic E-state index is 0.247. The van der Waals surface area contributed by atoms with Crippen LogP contribution in [0.25, 0.3) is 0 Å². The Morgan fingerprint density at radius 3 is 2.38 bits per heavy atom. The van der Waals surface area contributed by atoms with Crippen molar-refractivity contribution in [2.24, 2.45) is 0 Å². The zero-order valence-corrected chi connectivity index (χ0v) is 9.84. The van der Waals surface area contributed by atoms with Gasteiger partial charge in [-0.15, -0.1) is 0 Å². The normalized spacial score (nSPS) is 10.5. The summed E-state index contributed by atoms with van der Waals surface area (Å²) in [7, 11) is 0. The summed E-state index contributed by atoms with van der Waals surface area (Å²) in [5.74, 6) is -0.712. The molecule has 0 amide bonds. The molecule has 0 saturated carbocycles. The van der Waals surface area contributed by atoms with Gasteiger partial charge in [-0.25, -0.2) is 13.2 Å². The van der Waals surface area contributed by atoms with Gasteiger partial charge in [0.1, 0.15) is 11.5 Å². The molecule has 1 nitrogen and oxygen atoms in total. The van der Waals surface area contributed by atoms with E-state index in [0.717, 1.165) is 17.9 Å². The van der Waals surface area contributed by atoms with Crippen molar-refractivity contribution in [2.45, 2.75) is 13.3 Å². The molecule has 0 bridgehead atoms. The second-order valence-electron chi connectivity index (χ2n) is 3.22. The van der Waals surface area contributed by atoms with Crippen molar-refractivity contribution in [3.05, 3.63) is 29.6 Å². The standard InChI is InChI=1S/C11H14F3NS/c1-2-16-5-3-4-15-11-9(13)6-8(12)7-10(11)14/h6-7,15H,2-5H2,1H3. The van der Waals surface area contributed by atoms with Crippen LogP contribution in [0.3, 0.4) is 0 Å². The Morgan fingerprint density at radius 1 is 1.19 bits per heavy atom. The molecule has 0 radical (unpaired) electrons. The minimum atomic E-state index is -0.901. The lowest BCUT2D eigenvalue weighted by molar-refractivity contribution is 0.547. The summed E-state index contributed by atoms with van der Waals surface area (Å²) in [5.41, 5.74) is -0.247. The molecule has 1 N–H and O–H groups in total. The number of halogens is 3. The molecule has 0 spiro atoms. The lowest BCUT2D eigenvalue weighted by atomic mass is 10.2. The summed E-state index contributed by atoms with van der Waals surface area (Å²) in [6.07, 6.45) is 0.814. The van der Waals surface area contributed by atoms with Crippen LogP contribution in [0.1, 0.15) is 13.3 Å². The highest BCUT2D eigenvalue weighted by Crippen LogP contribution is 2.20. The Labute approximate surface area is 97.4 Å². The lowest BCUT2D eigenvalue weighted by Gasteiger charge is -2.08. The van der Waals surface area contributed by atoms with Gasteiger partial charge in [-0.05, 0) is 17.9 Å². The second kappa shape index (κ2) is 6.68. The molecule has 1 aromatic carbocycles. The van der Waals surface area contributed by atoms with Gasteiger partial charge in [-0.1, -0.05) is 6.92 Å². The van der Waals surface area contributed by atoms with E-state index in [4.69, 9.17) is 0 Å². The van der Waals surface area contributed by atoms with Crippen LogP contribution in [-0.2, 0) is 0 Å². The molecule has 90 valence electrons. The summed E-state index contributed by atoms with van der Waals surface area (Å²) in [6, 6.07) is 1.35. The summed E-state index contributed by atoms with van der Waals surface area (Å²) in [4.78, 5) is 0. The maximum absolute atomic E-state index is 13.1. The van der Waals surface area contributed by atoms with Crippen molar-refractivity contribution in [1.82, 2.24) is 0 Å². The van der Waals surface area contributed by atoms with Gasteiger partial charge in [0.25, 0.3) is 0 Å². The molecule has 0 aromatic heterocycles. The molecule has 0 aliphatic carbocycles. The predicted octanol–water partition coefficient (Wildman–Crippen LogP) is 3.66. The Balaban J connectivity index is 2.47. The van der Waals surface area contributed by atoms with Gasteiger partial charge in [0.05, 0.1) is 0 Å². The average Bonchev–Trinajstić information content (AvgIpc) is 2.20. The van der Waals surface area contributed by atoms with Crippen LogP contribution in [-0.4, -0.2) is 18.1 Å². The highest BCUT2D eigenvalue weighted by molar-refractivity contribution is 7.99. The van der Waals surface area contributed by atoms with E-state index in [0.29, 0.717) is 18.7 Å². The number of anilines is 1. The molecule has 0 saturated heterocycles. The van der Waals surface area contributed by atoms with Crippen molar-refractivity contribution in [3.63, 3.8) is 0 Å². The van der Waals surface area contributed by atoms with Crippen LogP contribution < -0.4 is 5.32 Å². The van der Waals surface area contributed by atoms with Gasteiger partial charge >= 0.3 is 0 Å². The summed E-state index contributed by atoms with van der Waals surface area (Å²) in [6.45, 7) is 2.53. The molecular weight excluding hydrogens is 235 g/mol. The first-order chi connectivity index (χ1) is 7.65. The summed E-state index contributed by atoms with van der Waals surface area (Å²) in [5, 5.41) is 2.64. The topological polar surface area (TPSA) is 12.0 Å². The highest BCUT2D eigenvalue weighted by atomic mass is 32.2. The van der Waals surface area contributed by atoms with Crippen LogP contribution in [0.4, 0.5) is 18.9 Å². The smallest absolute Gasteiger partial charge is 0.152 e. The Bertz CT molecular complexity index is 321. The monoisotopic (exact) mass is 249 g/mol. The predicted molar refractivity (Wildman–Crippen MR) is 62.4 cm³/mol. The number of benzene rings is 1. The second-order valence-corrected chi connectivity index (χ2v) is 4.62. The Kier molecular flexibility index (Phi) is 5.52. The highest BCUT2D eigenvalue weighted by Gasteiger charge is 2.10. The minimum Gasteiger partial charge on any atom is -0.380 e. The Hall–Kier alpha value is -0.840. The lowest BCUT2D eigenvalue weighted by Crippen LogP contribution is -2.07. The van der Waals surface area contributed by atoms with Crippen molar-refractivity contribution < 1.29 is 13.2 Å². The first kappa shape index (κ1) is 13.2. The van der Waals surface area contributed by atoms with Crippen LogP contribution in [0.15, 0.2) is 12.1 Å². The van der Waals surface area contributed by atoms with Crippen LogP contribution in [0.5, 0.6) is 0 Å². The van der Waals surface area contributed by atoms with E-state index in [-0.39, 0.29) is 5.69 Å². The molecule has 0 heterocycles. The zero-order chi connectivity index (χ0) is 12.0. The fourth-order valence-corrected chi connectivity index (χ4v) is 1.88. The van der Waals surface area contributed by atoms with Crippen molar-refractivity contribution in [1.29, 1.82) is 0 Å². The molecule has 0 aliphatic heterocycles. The fourth-order valence-electron chi connectivity index (χ4n) is 1.24. The Morgan fingerprint density at radius 2 is 1.81 bits per heavy atom. The first-order valence-corrected chi connectivity index (χ1v) is 6.26. The van der Waals surface area contributed by atoms with E-state index >= 15 is 0 Å². The quantitative estimate of drug-likeness (QED) is 0.772. The number of thioether (sulfide) groups is 1. The molecule has 0 aliphatic rings. The average molecular weight is 249 g/mol. The van der Waals surface area contributed by atoms with E-state index in [1.54, 1.807) is 11.8 Å². The van der Waals surface area contributed by atoms with Gasteiger partial charge in [-0.3, -0.25) is 0 Å². The van der Waals surface area contributed by atoms with Crippen LogP contribution >= 0.6 is 11.8 Å². The third kappa shape index (κ3) is 3.96. The van der Waals surface area contributed by atoms with Gasteiger partial charge < -0.3 is 5.32 Å². The third-order valence-corrected chi connectivity index (χ3v) is 2.96. The van der Waals surface area contributed by atoms with E-state index in [1.807, 2.05) is 0 Å². The van der Waals surface area contributed by atoms with Gasteiger partial charge in [-0.2, -0.15) is 11.8 Å². The van der Waals surface area contributed by atoms with Crippen molar-refractivity contribution in [2.75, 3.05) is 23.4 Å². The molecule has 1 rings (SSSR count). The largest absolute Gasteiger partial charge is 0.380 e. The van der Waals surface area contributed by atoms with Gasteiger partial charge in [0.2, 0.25) is 0 Å². The number of nitrogens with one attached hydrogen (secondary N) is 1. The first-order valence-electron chi connectivity index (χ1n) is 5.11. The van der Waals surface area contributed by atoms with Crippen LogP contribution in [0, 0.1) is 17.5 Å². The molecule has 0 unspecified atom stereocenters. The molecule has 5 heteroatoms. The van der Waals surface area contributed by atoms with E-state index in [1.165, 1.54) is 0 Å². The van der Waals surface area contributed by atoms with E-state index < -0.39 is 17.5 Å². The molecule has 1 aromatic rings. The fraction of sp³-hybridized carbons (Fsp3) is 0.455.